The van der Waals surface area contributed by atoms with E-state index in [9.17, 15) is 14.9 Å². The van der Waals surface area contributed by atoms with Gasteiger partial charge in [0.1, 0.15) is 24.2 Å². The summed E-state index contributed by atoms with van der Waals surface area (Å²) >= 11 is 0. The van der Waals surface area contributed by atoms with Crippen molar-refractivity contribution < 1.29 is 14.5 Å². The summed E-state index contributed by atoms with van der Waals surface area (Å²) < 4.78 is 7.28. The first-order chi connectivity index (χ1) is 11.6. The normalized spacial score (nSPS) is 16.4. The van der Waals surface area contributed by atoms with Gasteiger partial charge >= 0.3 is 5.69 Å². The maximum atomic E-state index is 12.6. The van der Waals surface area contributed by atoms with Gasteiger partial charge in [0.25, 0.3) is 0 Å². The fourth-order valence-electron chi connectivity index (χ4n) is 2.66. The second-order valence-corrected chi connectivity index (χ2v) is 5.59. The number of hydrogen-bond acceptors (Lipinski definition) is 5. The van der Waals surface area contributed by atoms with Crippen LogP contribution in [-0.4, -0.2) is 33.3 Å². The molecule has 1 amide bonds. The standard InChI is InChI=1S/C16H18N4O4/c1-2-13-11-19(14-5-3-4-6-15(14)24-13)16(21)7-8-18-10-12(9-17-18)20(22)23/h3-6,9-10,13H,2,7-8,11H2,1H3. The second kappa shape index (κ2) is 6.69. The predicted molar refractivity (Wildman–Crippen MR) is 87.0 cm³/mol. The lowest BCUT2D eigenvalue weighted by Crippen LogP contribution is -2.43. The van der Waals surface area contributed by atoms with Gasteiger partial charge in [0, 0.05) is 13.0 Å². The summed E-state index contributed by atoms with van der Waals surface area (Å²) in [7, 11) is 0. The fourth-order valence-corrected chi connectivity index (χ4v) is 2.66. The van der Waals surface area contributed by atoms with Crippen LogP contribution in [0.2, 0.25) is 0 Å². The van der Waals surface area contributed by atoms with Crippen molar-refractivity contribution in [1.29, 1.82) is 0 Å². The maximum Gasteiger partial charge on any atom is 0.306 e. The van der Waals surface area contributed by atoms with Crippen LogP contribution in [0.15, 0.2) is 36.7 Å². The molecule has 0 spiro atoms. The smallest absolute Gasteiger partial charge is 0.306 e. The van der Waals surface area contributed by atoms with Gasteiger partial charge in [-0.15, -0.1) is 0 Å². The number of anilines is 1. The molecule has 0 N–H and O–H groups in total. The number of amides is 1. The fraction of sp³-hybridized carbons (Fsp3) is 0.375. The summed E-state index contributed by atoms with van der Waals surface area (Å²) in [6.07, 6.45) is 3.50. The lowest BCUT2D eigenvalue weighted by atomic mass is 10.1. The Bertz CT molecular complexity index is 758. The number of rotatable bonds is 5. The molecule has 0 fully saturated rings. The maximum absolute atomic E-state index is 12.6. The summed E-state index contributed by atoms with van der Waals surface area (Å²) in [5, 5.41) is 14.6. The van der Waals surface area contributed by atoms with E-state index in [1.165, 1.54) is 17.1 Å². The van der Waals surface area contributed by atoms with Crippen molar-refractivity contribution >= 4 is 17.3 Å². The van der Waals surface area contributed by atoms with E-state index >= 15 is 0 Å². The molecule has 1 aromatic carbocycles. The van der Waals surface area contributed by atoms with Gasteiger partial charge in [-0.05, 0) is 18.6 Å². The summed E-state index contributed by atoms with van der Waals surface area (Å²) in [4.78, 5) is 24.5. The first-order valence-corrected chi connectivity index (χ1v) is 7.81. The van der Waals surface area contributed by atoms with Gasteiger partial charge in [-0.2, -0.15) is 5.10 Å². The Labute approximate surface area is 138 Å². The van der Waals surface area contributed by atoms with Gasteiger partial charge in [0.05, 0.1) is 17.2 Å². The minimum atomic E-state index is -0.505. The summed E-state index contributed by atoms with van der Waals surface area (Å²) in [5.41, 5.74) is 0.684. The summed E-state index contributed by atoms with van der Waals surface area (Å²) in [6.45, 7) is 2.82. The molecule has 1 unspecified atom stereocenters. The number of aromatic nitrogens is 2. The Balaban J connectivity index is 1.70. The number of hydrogen-bond donors (Lipinski definition) is 0. The van der Waals surface area contributed by atoms with E-state index in [1.807, 2.05) is 31.2 Å². The molecule has 1 atom stereocenters. The van der Waals surface area contributed by atoms with Crippen LogP contribution in [0.25, 0.3) is 0 Å². The van der Waals surface area contributed by atoms with Crippen molar-refractivity contribution in [3.05, 3.63) is 46.8 Å². The number of aryl methyl sites for hydroxylation is 1. The van der Waals surface area contributed by atoms with E-state index < -0.39 is 4.92 Å². The van der Waals surface area contributed by atoms with E-state index in [-0.39, 0.29) is 24.1 Å². The number of fused-ring (bicyclic) bond motifs is 1. The highest BCUT2D eigenvalue weighted by Gasteiger charge is 2.28. The minimum Gasteiger partial charge on any atom is -0.486 e. The predicted octanol–water partition coefficient (Wildman–Crippen LogP) is 2.39. The largest absolute Gasteiger partial charge is 0.486 e. The Morgan fingerprint density at radius 1 is 1.46 bits per heavy atom. The lowest BCUT2D eigenvalue weighted by molar-refractivity contribution is -0.385. The van der Waals surface area contributed by atoms with E-state index in [2.05, 4.69) is 5.10 Å². The summed E-state index contributed by atoms with van der Waals surface area (Å²) in [6, 6.07) is 7.46. The number of carbonyl (C=O) groups is 1. The van der Waals surface area contributed by atoms with Crippen LogP contribution in [0.5, 0.6) is 5.75 Å². The highest BCUT2D eigenvalue weighted by Crippen LogP contribution is 2.34. The Kier molecular flexibility index (Phi) is 4.45. The average Bonchev–Trinajstić information content (AvgIpc) is 3.08. The van der Waals surface area contributed by atoms with Crippen LogP contribution in [0.3, 0.4) is 0 Å². The molecule has 0 radical (unpaired) electrons. The zero-order valence-electron chi connectivity index (χ0n) is 13.3. The zero-order chi connectivity index (χ0) is 17.1. The Hall–Kier alpha value is -2.90. The van der Waals surface area contributed by atoms with E-state index in [0.29, 0.717) is 18.8 Å². The molecule has 24 heavy (non-hydrogen) atoms. The van der Waals surface area contributed by atoms with Crippen molar-refractivity contribution in [1.82, 2.24) is 9.78 Å². The van der Waals surface area contributed by atoms with E-state index in [1.54, 1.807) is 4.90 Å². The van der Waals surface area contributed by atoms with Crippen molar-refractivity contribution in [3.8, 4) is 5.75 Å². The molecule has 2 heterocycles. The van der Waals surface area contributed by atoms with E-state index in [0.717, 1.165) is 12.1 Å². The number of carbonyl (C=O) groups excluding carboxylic acids is 1. The highest BCUT2D eigenvalue weighted by molar-refractivity contribution is 5.95. The van der Waals surface area contributed by atoms with Crippen molar-refractivity contribution in [2.24, 2.45) is 0 Å². The first kappa shape index (κ1) is 16.0. The molecule has 1 aliphatic rings. The molecular weight excluding hydrogens is 312 g/mol. The third-order valence-corrected chi connectivity index (χ3v) is 3.98. The first-order valence-electron chi connectivity index (χ1n) is 7.81. The third kappa shape index (κ3) is 3.22. The van der Waals surface area contributed by atoms with Crippen LogP contribution >= 0.6 is 0 Å². The monoisotopic (exact) mass is 330 g/mol. The number of benzene rings is 1. The van der Waals surface area contributed by atoms with Crippen LogP contribution in [-0.2, 0) is 11.3 Å². The molecule has 126 valence electrons. The molecule has 8 nitrogen and oxygen atoms in total. The Morgan fingerprint density at radius 2 is 2.25 bits per heavy atom. The van der Waals surface area contributed by atoms with Gasteiger partial charge in [-0.1, -0.05) is 19.1 Å². The molecule has 0 saturated heterocycles. The molecule has 0 bridgehead atoms. The minimum absolute atomic E-state index is 0.0327. The molecule has 0 saturated carbocycles. The van der Waals surface area contributed by atoms with Gasteiger partial charge in [0.2, 0.25) is 5.91 Å². The van der Waals surface area contributed by atoms with Crippen LogP contribution in [0, 0.1) is 10.1 Å². The molecule has 1 aromatic heterocycles. The van der Waals surface area contributed by atoms with Gasteiger partial charge in [0.15, 0.2) is 0 Å². The second-order valence-electron chi connectivity index (χ2n) is 5.59. The molecular formula is C16H18N4O4. The van der Waals surface area contributed by atoms with Crippen molar-refractivity contribution in [2.75, 3.05) is 11.4 Å². The van der Waals surface area contributed by atoms with Gasteiger partial charge in [-0.3, -0.25) is 19.6 Å². The molecule has 1 aliphatic heterocycles. The third-order valence-electron chi connectivity index (χ3n) is 3.98. The average molecular weight is 330 g/mol. The zero-order valence-corrected chi connectivity index (χ0v) is 13.3. The molecule has 0 aliphatic carbocycles. The van der Waals surface area contributed by atoms with Crippen molar-refractivity contribution in [3.63, 3.8) is 0 Å². The quantitative estimate of drug-likeness (QED) is 0.620. The van der Waals surface area contributed by atoms with Crippen molar-refractivity contribution in [2.45, 2.75) is 32.4 Å². The van der Waals surface area contributed by atoms with E-state index in [4.69, 9.17) is 4.74 Å². The molecule has 8 heteroatoms. The Morgan fingerprint density at radius 3 is 2.96 bits per heavy atom. The number of nitro groups is 1. The molecule has 2 aromatic rings. The van der Waals surface area contributed by atoms with Crippen LogP contribution in [0.1, 0.15) is 19.8 Å². The number of para-hydroxylation sites is 2. The van der Waals surface area contributed by atoms with Crippen LogP contribution in [0.4, 0.5) is 11.4 Å². The van der Waals surface area contributed by atoms with Gasteiger partial charge < -0.3 is 9.64 Å². The number of ether oxygens (including phenoxy) is 1. The molecule has 3 rings (SSSR count). The highest BCUT2D eigenvalue weighted by atomic mass is 16.6. The van der Waals surface area contributed by atoms with Gasteiger partial charge in [-0.25, -0.2) is 0 Å². The van der Waals surface area contributed by atoms with Crippen LogP contribution < -0.4 is 9.64 Å². The number of nitrogens with zero attached hydrogens (tertiary/aromatic N) is 4. The topological polar surface area (TPSA) is 90.5 Å². The SMILES string of the molecule is CCC1CN(C(=O)CCn2cc([N+](=O)[O-])cn2)c2ccccc2O1. The summed E-state index contributed by atoms with van der Waals surface area (Å²) in [5.74, 6) is 0.654. The lowest BCUT2D eigenvalue weighted by Gasteiger charge is -2.34.